The number of carbonyl (C=O) groups is 1. The maximum Gasteiger partial charge on any atom is 0.254 e. The van der Waals surface area contributed by atoms with E-state index >= 15 is 0 Å². The summed E-state index contributed by atoms with van der Waals surface area (Å²) in [5, 5.41) is 2.84. The van der Waals surface area contributed by atoms with E-state index in [-0.39, 0.29) is 11.5 Å². The zero-order chi connectivity index (χ0) is 13.8. The van der Waals surface area contributed by atoms with Crippen LogP contribution < -0.4 is 11.1 Å². The van der Waals surface area contributed by atoms with Crippen molar-refractivity contribution in [3.63, 3.8) is 0 Å². The zero-order valence-corrected chi connectivity index (χ0v) is 11.3. The first-order valence-electron chi connectivity index (χ1n) is 6.91. The highest BCUT2D eigenvalue weighted by Crippen LogP contribution is 2.28. The maximum absolute atomic E-state index is 13.6. The Labute approximate surface area is 113 Å². The molecule has 1 saturated carbocycles. The van der Waals surface area contributed by atoms with Gasteiger partial charge in [-0.05, 0) is 36.5 Å². The maximum atomic E-state index is 13.6. The molecule has 2 unspecified atom stereocenters. The number of nitrogens with one attached hydrogen (secondary N) is 1. The van der Waals surface area contributed by atoms with Crippen LogP contribution in [0.25, 0.3) is 0 Å². The normalized spacial score (nSPS) is 23.1. The Kier molecular flexibility index (Phi) is 4.40. The van der Waals surface area contributed by atoms with Gasteiger partial charge in [-0.2, -0.15) is 0 Å². The van der Waals surface area contributed by atoms with E-state index in [1.54, 1.807) is 6.07 Å². The summed E-state index contributed by atoms with van der Waals surface area (Å²) in [5.74, 6) is 0.226. The molecule has 3 nitrogen and oxygen atoms in total. The monoisotopic (exact) mass is 264 g/mol. The van der Waals surface area contributed by atoms with Crippen molar-refractivity contribution in [1.29, 1.82) is 0 Å². The summed E-state index contributed by atoms with van der Waals surface area (Å²) in [5.41, 5.74) is 5.86. The molecule has 1 aromatic carbocycles. The number of halogens is 1. The highest BCUT2D eigenvalue weighted by Gasteiger charge is 2.22. The van der Waals surface area contributed by atoms with Crippen LogP contribution in [-0.2, 0) is 0 Å². The van der Waals surface area contributed by atoms with E-state index in [0.29, 0.717) is 24.1 Å². The number of hydrogen-bond acceptors (Lipinski definition) is 2. The molecule has 0 spiro atoms. The van der Waals surface area contributed by atoms with Crippen LogP contribution in [0, 0.1) is 17.7 Å². The van der Waals surface area contributed by atoms with Crippen LogP contribution in [0.2, 0.25) is 0 Å². The molecule has 0 aliphatic heterocycles. The lowest BCUT2D eigenvalue weighted by Crippen LogP contribution is -2.33. The van der Waals surface area contributed by atoms with E-state index in [9.17, 15) is 9.18 Å². The summed E-state index contributed by atoms with van der Waals surface area (Å²) < 4.78 is 13.6. The van der Waals surface area contributed by atoms with Gasteiger partial charge in [0.1, 0.15) is 5.82 Å². The molecular weight excluding hydrogens is 243 g/mol. The zero-order valence-electron chi connectivity index (χ0n) is 11.3. The molecule has 1 aliphatic rings. The lowest BCUT2D eigenvalue weighted by Gasteiger charge is -2.28. The molecule has 2 atom stereocenters. The second kappa shape index (κ2) is 6.04. The van der Waals surface area contributed by atoms with Crippen LogP contribution in [-0.4, -0.2) is 12.5 Å². The first-order valence-corrected chi connectivity index (χ1v) is 6.91. The topological polar surface area (TPSA) is 55.1 Å². The predicted molar refractivity (Wildman–Crippen MR) is 74.3 cm³/mol. The van der Waals surface area contributed by atoms with Crippen molar-refractivity contribution in [2.75, 3.05) is 12.3 Å². The van der Waals surface area contributed by atoms with Crippen molar-refractivity contribution in [2.45, 2.75) is 32.6 Å². The van der Waals surface area contributed by atoms with Gasteiger partial charge in [-0.25, -0.2) is 4.39 Å². The lowest BCUT2D eigenvalue weighted by atomic mass is 9.80. The fraction of sp³-hybridized carbons (Fsp3) is 0.533. The highest BCUT2D eigenvalue weighted by atomic mass is 19.1. The van der Waals surface area contributed by atoms with E-state index in [2.05, 4.69) is 12.2 Å². The molecule has 1 fully saturated rings. The molecule has 2 rings (SSSR count). The summed E-state index contributed by atoms with van der Waals surface area (Å²) in [6.07, 6.45) is 4.86. The van der Waals surface area contributed by atoms with Gasteiger partial charge in [-0.15, -0.1) is 0 Å². The first-order chi connectivity index (χ1) is 9.08. The molecule has 104 valence electrons. The van der Waals surface area contributed by atoms with Gasteiger partial charge in [0.15, 0.2) is 0 Å². The Morgan fingerprint density at radius 2 is 2.16 bits per heavy atom. The van der Waals surface area contributed by atoms with Gasteiger partial charge in [0.05, 0.1) is 5.56 Å². The highest BCUT2D eigenvalue weighted by molar-refractivity contribution is 5.94. The molecule has 0 heterocycles. The molecule has 3 N–H and O–H groups in total. The second-order valence-electron chi connectivity index (χ2n) is 5.47. The van der Waals surface area contributed by atoms with Crippen molar-refractivity contribution < 1.29 is 9.18 Å². The standard InChI is InChI=1S/C15H21FN2O/c1-10-4-2-3-5-11(10)9-18-15(19)13-7-6-12(17)8-14(13)16/h6-8,10-11H,2-5,9,17H2,1H3,(H,18,19). The third-order valence-electron chi connectivity index (χ3n) is 4.05. The molecule has 1 aromatic rings. The van der Waals surface area contributed by atoms with E-state index in [1.807, 2.05) is 0 Å². The third-order valence-corrected chi connectivity index (χ3v) is 4.05. The van der Waals surface area contributed by atoms with Gasteiger partial charge in [-0.1, -0.05) is 26.2 Å². The average molecular weight is 264 g/mol. The summed E-state index contributed by atoms with van der Waals surface area (Å²) in [6, 6.07) is 4.16. The minimum atomic E-state index is -0.561. The molecule has 0 saturated heterocycles. The Morgan fingerprint density at radius 3 is 2.84 bits per heavy atom. The summed E-state index contributed by atoms with van der Waals surface area (Å²) >= 11 is 0. The molecule has 0 aromatic heterocycles. The number of nitrogens with two attached hydrogens (primary N) is 1. The van der Waals surface area contributed by atoms with E-state index in [1.165, 1.54) is 31.4 Å². The van der Waals surface area contributed by atoms with Gasteiger partial charge >= 0.3 is 0 Å². The predicted octanol–water partition coefficient (Wildman–Crippen LogP) is 2.96. The molecule has 1 aliphatic carbocycles. The number of rotatable bonds is 3. The number of amides is 1. The van der Waals surface area contributed by atoms with Crippen molar-refractivity contribution in [3.05, 3.63) is 29.6 Å². The number of carbonyl (C=O) groups excluding carboxylic acids is 1. The number of nitrogen functional groups attached to an aromatic ring is 1. The van der Waals surface area contributed by atoms with Crippen LogP contribution in [0.3, 0.4) is 0 Å². The molecule has 0 radical (unpaired) electrons. The van der Waals surface area contributed by atoms with Gasteiger partial charge in [0.2, 0.25) is 0 Å². The Bertz CT molecular complexity index is 461. The van der Waals surface area contributed by atoms with Crippen molar-refractivity contribution in [2.24, 2.45) is 11.8 Å². The van der Waals surface area contributed by atoms with Gasteiger partial charge < -0.3 is 11.1 Å². The van der Waals surface area contributed by atoms with Crippen LogP contribution in [0.1, 0.15) is 43.0 Å². The van der Waals surface area contributed by atoms with Gasteiger partial charge in [0.25, 0.3) is 5.91 Å². The van der Waals surface area contributed by atoms with Crippen LogP contribution in [0.15, 0.2) is 18.2 Å². The average Bonchev–Trinajstić information content (AvgIpc) is 2.37. The smallest absolute Gasteiger partial charge is 0.254 e. The summed E-state index contributed by atoms with van der Waals surface area (Å²) in [6.45, 7) is 2.85. The molecule has 4 heteroatoms. The molecule has 0 bridgehead atoms. The Hall–Kier alpha value is -1.58. The number of benzene rings is 1. The molecule has 1 amide bonds. The number of hydrogen-bond donors (Lipinski definition) is 2. The number of anilines is 1. The van der Waals surface area contributed by atoms with E-state index in [4.69, 9.17) is 5.73 Å². The van der Waals surface area contributed by atoms with Crippen LogP contribution in [0.4, 0.5) is 10.1 Å². The van der Waals surface area contributed by atoms with Crippen molar-refractivity contribution >= 4 is 11.6 Å². The SMILES string of the molecule is CC1CCCCC1CNC(=O)c1ccc(N)cc1F. The van der Waals surface area contributed by atoms with E-state index < -0.39 is 5.82 Å². The van der Waals surface area contributed by atoms with Crippen LogP contribution >= 0.6 is 0 Å². The minimum Gasteiger partial charge on any atom is -0.399 e. The second-order valence-corrected chi connectivity index (χ2v) is 5.47. The fourth-order valence-corrected chi connectivity index (χ4v) is 2.73. The Morgan fingerprint density at radius 1 is 1.42 bits per heavy atom. The third kappa shape index (κ3) is 3.46. The van der Waals surface area contributed by atoms with Crippen molar-refractivity contribution in [3.8, 4) is 0 Å². The quantitative estimate of drug-likeness (QED) is 0.825. The molecular formula is C15H21FN2O. The lowest BCUT2D eigenvalue weighted by molar-refractivity contribution is 0.0932. The fourth-order valence-electron chi connectivity index (χ4n) is 2.73. The van der Waals surface area contributed by atoms with Crippen molar-refractivity contribution in [1.82, 2.24) is 5.32 Å². The van der Waals surface area contributed by atoms with Crippen LogP contribution in [0.5, 0.6) is 0 Å². The molecule has 19 heavy (non-hydrogen) atoms. The summed E-state index contributed by atoms with van der Waals surface area (Å²) in [7, 11) is 0. The minimum absolute atomic E-state index is 0.0673. The Balaban J connectivity index is 1.93. The van der Waals surface area contributed by atoms with Gasteiger partial charge in [0, 0.05) is 12.2 Å². The van der Waals surface area contributed by atoms with Gasteiger partial charge in [-0.3, -0.25) is 4.79 Å². The largest absolute Gasteiger partial charge is 0.399 e. The van der Waals surface area contributed by atoms with E-state index in [0.717, 1.165) is 6.42 Å². The first kappa shape index (κ1) is 13.8. The summed E-state index contributed by atoms with van der Waals surface area (Å²) in [4.78, 5) is 11.9.